The Kier molecular flexibility index (Phi) is 9.28. The zero-order valence-electron chi connectivity index (χ0n) is 15.5. The molecule has 2 rings (SSSR count). The van der Waals surface area contributed by atoms with Crippen LogP contribution in [-0.4, -0.2) is 50.8 Å². The molecule has 0 spiro atoms. The highest BCUT2D eigenvalue weighted by atomic mass is 127. The first-order valence-electron chi connectivity index (χ1n) is 8.56. The molecular weight excluding hydrogens is 450 g/mol. The van der Waals surface area contributed by atoms with Crippen molar-refractivity contribution in [3.63, 3.8) is 0 Å². The van der Waals surface area contributed by atoms with E-state index >= 15 is 0 Å². The van der Waals surface area contributed by atoms with Crippen LogP contribution in [0.3, 0.4) is 0 Å². The summed E-state index contributed by atoms with van der Waals surface area (Å²) in [6, 6.07) is 4.46. The number of nitrogens with one attached hydrogen (secondary N) is 3. The molecule has 1 amide bonds. The third-order valence-electron chi connectivity index (χ3n) is 4.29. The molecule has 1 saturated heterocycles. The van der Waals surface area contributed by atoms with Crippen molar-refractivity contribution in [1.82, 2.24) is 16.0 Å². The molecule has 1 aromatic carbocycles. The predicted molar refractivity (Wildman–Crippen MR) is 112 cm³/mol. The first kappa shape index (κ1) is 22.6. The van der Waals surface area contributed by atoms with Crippen LogP contribution in [0.5, 0.6) is 0 Å². The maximum atomic E-state index is 13.5. The molecule has 1 aliphatic rings. The van der Waals surface area contributed by atoms with E-state index in [0.717, 1.165) is 19.4 Å². The van der Waals surface area contributed by atoms with Crippen molar-refractivity contribution >= 4 is 35.8 Å². The van der Waals surface area contributed by atoms with E-state index in [1.807, 2.05) is 0 Å². The van der Waals surface area contributed by atoms with Gasteiger partial charge in [0.2, 0.25) is 0 Å². The molecule has 146 valence electrons. The lowest BCUT2D eigenvalue weighted by Gasteiger charge is -2.24. The van der Waals surface area contributed by atoms with Gasteiger partial charge in [-0.05, 0) is 44.4 Å². The molecular formula is C18H28FIN4O2. The van der Waals surface area contributed by atoms with Gasteiger partial charge in [-0.1, -0.05) is 6.07 Å². The Morgan fingerprint density at radius 3 is 2.65 bits per heavy atom. The number of benzene rings is 1. The minimum Gasteiger partial charge on any atom is -0.373 e. The Hall–Kier alpha value is -1.42. The van der Waals surface area contributed by atoms with Gasteiger partial charge in [-0.2, -0.15) is 0 Å². The van der Waals surface area contributed by atoms with Gasteiger partial charge in [0.1, 0.15) is 5.82 Å². The first-order valence-corrected chi connectivity index (χ1v) is 8.56. The topological polar surface area (TPSA) is 74.8 Å². The van der Waals surface area contributed by atoms with Crippen LogP contribution in [0.25, 0.3) is 0 Å². The second-order valence-corrected chi connectivity index (χ2v) is 6.47. The lowest BCUT2D eigenvalue weighted by atomic mass is 10.0. The number of carbonyl (C=O) groups is 1. The quantitative estimate of drug-likeness (QED) is 0.254. The number of halogens is 2. The summed E-state index contributed by atoms with van der Waals surface area (Å²) in [6.45, 7) is 6.15. The average molecular weight is 478 g/mol. The molecule has 8 heteroatoms. The van der Waals surface area contributed by atoms with Crippen LogP contribution >= 0.6 is 24.0 Å². The van der Waals surface area contributed by atoms with Crippen LogP contribution in [-0.2, 0) is 4.74 Å². The fourth-order valence-electron chi connectivity index (χ4n) is 2.66. The number of hydrogen-bond acceptors (Lipinski definition) is 3. The Morgan fingerprint density at radius 2 is 2.04 bits per heavy atom. The van der Waals surface area contributed by atoms with E-state index in [-0.39, 0.29) is 41.3 Å². The highest BCUT2D eigenvalue weighted by molar-refractivity contribution is 14.0. The van der Waals surface area contributed by atoms with Crippen LogP contribution < -0.4 is 16.0 Å². The zero-order chi connectivity index (χ0) is 18.3. The van der Waals surface area contributed by atoms with Gasteiger partial charge >= 0.3 is 0 Å². The van der Waals surface area contributed by atoms with Crippen LogP contribution in [0, 0.1) is 12.7 Å². The number of ether oxygens (including phenoxy) is 1. The Labute approximate surface area is 171 Å². The molecule has 1 fully saturated rings. The van der Waals surface area contributed by atoms with Crippen molar-refractivity contribution in [3.05, 3.63) is 35.1 Å². The summed E-state index contributed by atoms with van der Waals surface area (Å²) in [5.74, 6) is -0.0131. The van der Waals surface area contributed by atoms with Gasteiger partial charge in [0, 0.05) is 38.9 Å². The van der Waals surface area contributed by atoms with E-state index < -0.39 is 0 Å². The molecule has 26 heavy (non-hydrogen) atoms. The second kappa shape index (κ2) is 10.7. The van der Waals surface area contributed by atoms with Crippen molar-refractivity contribution in [3.8, 4) is 0 Å². The minimum absolute atomic E-state index is 0. The minimum atomic E-state index is -0.377. The van der Waals surface area contributed by atoms with E-state index in [9.17, 15) is 9.18 Å². The molecule has 1 aliphatic heterocycles. The molecule has 1 unspecified atom stereocenters. The average Bonchev–Trinajstić information content (AvgIpc) is 3.03. The third-order valence-corrected chi connectivity index (χ3v) is 4.29. The van der Waals surface area contributed by atoms with Crippen molar-refractivity contribution in [2.24, 2.45) is 4.99 Å². The standard InChI is InChI=1S/C18H27FN4O2.HI/c1-13-5-6-14(11-15(13)19)16(24)21-8-9-22-17(20-3)23-12-18(2)7-4-10-25-18;/h5-6,11H,4,7-10,12H2,1-3H3,(H,21,24)(H2,20,22,23);1H. The summed E-state index contributed by atoms with van der Waals surface area (Å²) >= 11 is 0. The fraction of sp³-hybridized carbons (Fsp3) is 0.556. The number of amides is 1. The highest BCUT2D eigenvalue weighted by Crippen LogP contribution is 2.23. The summed E-state index contributed by atoms with van der Waals surface area (Å²) in [6.07, 6.45) is 2.11. The van der Waals surface area contributed by atoms with Gasteiger partial charge in [0.15, 0.2) is 5.96 Å². The van der Waals surface area contributed by atoms with E-state index in [2.05, 4.69) is 27.9 Å². The van der Waals surface area contributed by atoms with Gasteiger partial charge in [0.05, 0.1) is 5.60 Å². The van der Waals surface area contributed by atoms with E-state index in [1.165, 1.54) is 6.07 Å². The van der Waals surface area contributed by atoms with E-state index in [1.54, 1.807) is 26.1 Å². The third kappa shape index (κ3) is 6.71. The molecule has 0 saturated carbocycles. The largest absolute Gasteiger partial charge is 0.373 e. The number of hydrogen-bond donors (Lipinski definition) is 3. The Morgan fingerprint density at radius 1 is 1.31 bits per heavy atom. The first-order chi connectivity index (χ1) is 11.9. The monoisotopic (exact) mass is 478 g/mol. The zero-order valence-corrected chi connectivity index (χ0v) is 17.9. The number of aliphatic imine (C=N–C) groups is 1. The van der Waals surface area contributed by atoms with Crippen LogP contribution in [0.4, 0.5) is 4.39 Å². The summed E-state index contributed by atoms with van der Waals surface area (Å²) in [4.78, 5) is 16.1. The molecule has 1 heterocycles. The second-order valence-electron chi connectivity index (χ2n) is 6.47. The summed E-state index contributed by atoms with van der Waals surface area (Å²) < 4.78 is 19.2. The van der Waals surface area contributed by atoms with Gasteiger partial charge in [-0.3, -0.25) is 9.79 Å². The molecule has 0 radical (unpaired) electrons. The Bertz CT molecular complexity index is 634. The van der Waals surface area contributed by atoms with Gasteiger partial charge in [0.25, 0.3) is 5.91 Å². The molecule has 1 aromatic rings. The van der Waals surface area contributed by atoms with Gasteiger partial charge in [-0.25, -0.2) is 4.39 Å². The normalized spacial score (nSPS) is 19.6. The van der Waals surface area contributed by atoms with Crippen LogP contribution in [0.1, 0.15) is 35.7 Å². The number of carbonyl (C=O) groups excluding carboxylic acids is 1. The number of rotatable bonds is 6. The van der Waals surface area contributed by atoms with E-state index in [0.29, 0.717) is 36.7 Å². The lowest BCUT2D eigenvalue weighted by molar-refractivity contribution is 0.0243. The molecule has 1 atom stereocenters. The molecule has 6 nitrogen and oxygen atoms in total. The van der Waals surface area contributed by atoms with Gasteiger partial charge in [-0.15, -0.1) is 24.0 Å². The van der Waals surface area contributed by atoms with Crippen molar-refractivity contribution in [1.29, 1.82) is 0 Å². The number of guanidine groups is 1. The summed E-state index contributed by atoms with van der Waals surface area (Å²) in [7, 11) is 1.70. The van der Waals surface area contributed by atoms with Crippen molar-refractivity contribution in [2.45, 2.75) is 32.3 Å². The SMILES string of the molecule is CN=C(NCCNC(=O)c1ccc(C)c(F)c1)NCC1(C)CCCO1.I. The smallest absolute Gasteiger partial charge is 0.251 e. The van der Waals surface area contributed by atoms with Crippen molar-refractivity contribution in [2.75, 3.05) is 33.3 Å². The molecule has 0 aliphatic carbocycles. The van der Waals surface area contributed by atoms with Crippen molar-refractivity contribution < 1.29 is 13.9 Å². The summed E-state index contributed by atoms with van der Waals surface area (Å²) in [5.41, 5.74) is 0.686. The fourth-order valence-corrected chi connectivity index (χ4v) is 2.66. The van der Waals surface area contributed by atoms with Gasteiger partial charge < -0.3 is 20.7 Å². The molecule has 0 aromatic heterocycles. The molecule has 0 bridgehead atoms. The Balaban J connectivity index is 0.00000338. The van der Waals surface area contributed by atoms with E-state index in [4.69, 9.17) is 4.74 Å². The predicted octanol–water partition coefficient (Wildman–Crippen LogP) is 2.22. The number of nitrogens with zero attached hydrogens (tertiary/aromatic N) is 1. The van der Waals surface area contributed by atoms with Crippen LogP contribution in [0.15, 0.2) is 23.2 Å². The highest BCUT2D eigenvalue weighted by Gasteiger charge is 2.29. The van der Waals surface area contributed by atoms with Crippen LogP contribution in [0.2, 0.25) is 0 Å². The lowest BCUT2D eigenvalue weighted by Crippen LogP contribution is -2.47. The maximum Gasteiger partial charge on any atom is 0.251 e. The molecule has 3 N–H and O–H groups in total. The number of aryl methyl sites for hydroxylation is 1. The maximum absolute atomic E-state index is 13.5. The summed E-state index contributed by atoms with van der Waals surface area (Å²) in [5, 5.41) is 9.12.